The van der Waals surface area contributed by atoms with Crippen LogP contribution >= 0.6 is 0 Å². The Balaban J connectivity index is 1.56. The molecule has 3 rings (SSSR count). The van der Waals surface area contributed by atoms with E-state index in [-0.39, 0.29) is 16.8 Å². The molecule has 8 nitrogen and oxygen atoms in total. The summed E-state index contributed by atoms with van der Waals surface area (Å²) < 4.78 is 32.3. The number of terminal acetylenes is 1. The maximum atomic E-state index is 12.8. The molecule has 1 amide bonds. The van der Waals surface area contributed by atoms with E-state index in [9.17, 15) is 13.2 Å². The van der Waals surface area contributed by atoms with E-state index in [0.717, 1.165) is 0 Å². The lowest BCUT2D eigenvalue weighted by Gasteiger charge is -2.32. The summed E-state index contributed by atoms with van der Waals surface area (Å²) in [4.78, 5) is 12.5. The third-order valence-corrected chi connectivity index (χ3v) is 6.92. The second-order valence-corrected chi connectivity index (χ2v) is 8.85. The largest absolute Gasteiger partial charge is 0.378 e. The molecular formula is C19H24N4O4S. The van der Waals surface area contributed by atoms with Gasteiger partial charge in [0.1, 0.15) is 0 Å². The van der Waals surface area contributed by atoms with Crippen LogP contribution in [0.3, 0.4) is 0 Å². The number of benzene rings is 1. The topological polar surface area (TPSA) is 100 Å². The van der Waals surface area contributed by atoms with Crippen molar-refractivity contribution in [3.05, 3.63) is 29.8 Å². The molecule has 1 fully saturated rings. The summed E-state index contributed by atoms with van der Waals surface area (Å²) in [7, 11) is -3.61. The van der Waals surface area contributed by atoms with E-state index in [0.29, 0.717) is 51.1 Å². The van der Waals surface area contributed by atoms with Crippen LogP contribution in [-0.2, 0) is 14.8 Å². The van der Waals surface area contributed by atoms with E-state index in [1.165, 1.54) is 28.6 Å². The minimum Gasteiger partial charge on any atom is -0.378 e. The predicted octanol–water partition coefficient (Wildman–Crippen LogP) is 1.79. The second kappa shape index (κ2) is 8.39. The fourth-order valence-corrected chi connectivity index (χ4v) is 4.73. The molecule has 0 spiro atoms. The molecule has 1 aromatic rings. The average molecular weight is 404 g/mol. The van der Waals surface area contributed by atoms with Crippen LogP contribution in [0, 0.1) is 12.3 Å². The first-order valence-electron chi connectivity index (χ1n) is 9.23. The van der Waals surface area contributed by atoms with Crippen LogP contribution in [-0.4, -0.2) is 56.6 Å². The van der Waals surface area contributed by atoms with E-state index in [1.807, 2.05) is 6.92 Å². The Bertz CT molecular complexity index is 884. The lowest BCUT2D eigenvalue weighted by Crippen LogP contribution is -2.46. The third kappa shape index (κ3) is 4.58. The molecule has 9 heteroatoms. The Labute approximate surface area is 165 Å². The molecule has 0 radical (unpaired) electrons. The minimum absolute atomic E-state index is 0.168. The van der Waals surface area contributed by atoms with E-state index < -0.39 is 15.7 Å². The Kier molecular flexibility index (Phi) is 6.13. The van der Waals surface area contributed by atoms with E-state index in [2.05, 4.69) is 21.5 Å². The summed E-state index contributed by atoms with van der Waals surface area (Å²) in [5, 5.41) is 10.9. The summed E-state index contributed by atoms with van der Waals surface area (Å²) in [5.41, 5.74) is -0.0387. The van der Waals surface area contributed by atoms with Crippen LogP contribution in [0.5, 0.6) is 0 Å². The third-order valence-electron chi connectivity index (χ3n) is 4.89. The molecule has 1 unspecified atom stereocenters. The number of carbonyl (C=O) groups is 1. The number of morpholine rings is 1. The highest BCUT2D eigenvalue weighted by Crippen LogP contribution is 2.36. The van der Waals surface area contributed by atoms with Crippen molar-refractivity contribution in [1.29, 1.82) is 0 Å². The number of rotatable bonds is 8. The van der Waals surface area contributed by atoms with Gasteiger partial charge in [0.15, 0.2) is 5.66 Å². The van der Waals surface area contributed by atoms with Crippen LogP contribution in [0.15, 0.2) is 39.4 Å². The first-order chi connectivity index (χ1) is 13.4. The fraction of sp³-hybridized carbons (Fsp3) is 0.526. The van der Waals surface area contributed by atoms with Gasteiger partial charge in [-0.2, -0.15) is 14.5 Å². The van der Waals surface area contributed by atoms with Gasteiger partial charge in [-0.25, -0.2) is 8.42 Å². The van der Waals surface area contributed by atoms with Gasteiger partial charge in [0.25, 0.3) is 5.91 Å². The number of hydrogen-bond acceptors (Lipinski definition) is 6. The number of sulfonamides is 1. The highest BCUT2D eigenvalue weighted by molar-refractivity contribution is 7.89. The van der Waals surface area contributed by atoms with Crippen LogP contribution < -0.4 is 5.32 Å². The highest BCUT2D eigenvalue weighted by atomic mass is 32.2. The first-order valence-corrected chi connectivity index (χ1v) is 10.7. The van der Waals surface area contributed by atoms with Crippen LogP contribution in [0.2, 0.25) is 0 Å². The van der Waals surface area contributed by atoms with Gasteiger partial charge in [-0.05, 0) is 31.2 Å². The van der Waals surface area contributed by atoms with Gasteiger partial charge in [-0.15, -0.1) is 12.3 Å². The Morgan fingerprint density at radius 3 is 2.68 bits per heavy atom. The first kappa shape index (κ1) is 20.5. The number of ether oxygens (including phenoxy) is 1. The fourth-order valence-electron chi connectivity index (χ4n) is 3.13. The number of hydrogen-bond donors (Lipinski definition) is 1. The van der Waals surface area contributed by atoms with Gasteiger partial charge < -0.3 is 10.1 Å². The molecule has 1 atom stereocenters. The van der Waals surface area contributed by atoms with Crippen molar-refractivity contribution in [1.82, 2.24) is 9.62 Å². The number of amides is 1. The van der Waals surface area contributed by atoms with Gasteiger partial charge >= 0.3 is 0 Å². The Hall–Kier alpha value is -2.28. The molecule has 2 heterocycles. The van der Waals surface area contributed by atoms with Gasteiger partial charge in [-0.1, -0.05) is 0 Å². The zero-order chi connectivity index (χ0) is 20.2. The zero-order valence-corrected chi connectivity index (χ0v) is 16.6. The molecule has 1 N–H and O–H groups in total. The molecule has 28 heavy (non-hydrogen) atoms. The Morgan fingerprint density at radius 2 is 2.07 bits per heavy atom. The zero-order valence-electron chi connectivity index (χ0n) is 15.8. The number of nitrogens with zero attached hydrogens (tertiary/aromatic N) is 3. The van der Waals surface area contributed by atoms with Gasteiger partial charge in [0.2, 0.25) is 10.0 Å². The van der Waals surface area contributed by atoms with Crippen molar-refractivity contribution < 1.29 is 17.9 Å². The van der Waals surface area contributed by atoms with E-state index >= 15 is 0 Å². The minimum atomic E-state index is -3.61. The number of carbonyl (C=O) groups excluding carboxylic acids is 1. The van der Waals surface area contributed by atoms with E-state index in [4.69, 9.17) is 11.2 Å². The molecule has 0 saturated carbocycles. The standard InChI is InChI=1S/C19H24N4O4S/c1-3-4-9-19(21-22-19)10-11-20-18(24)16-5-7-17(8-6-16)28(25,26)23-12-13-27-14-15(23)2/h1,5-8,15H,4,9-14H2,2H3,(H,20,24). The van der Waals surface area contributed by atoms with Crippen molar-refractivity contribution in [2.45, 2.75) is 42.8 Å². The molecule has 2 aliphatic heterocycles. The normalized spacial score (nSPS) is 21.1. The van der Waals surface area contributed by atoms with Gasteiger partial charge in [0, 0.05) is 44.0 Å². The van der Waals surface area contributed by atoms with Crippen LogP contribution in [0.4, 0.5) is 0 Å². The molecule has 1 saturated heterocycles. The quantitative estimate of drug-likeness (QED) is 0.668. The molecule has 2 aliphatic rings. The smallest absolute Gasteiger partial charge is 0.251 e. The molecule has 0 bridgehead atoms. The summed E-state index contributed by atoms with van der Waals surface area (Å²) in [6.45, 7) is 3.31. The molecule has 0 aromatic heterocycles. The summed E-state index contributed by atoms with van der Waals surface area (Å²) in [6, 6.07) is 5.75. The van der Waals surface area contributed by atoms with Crippen molar-refractivity contribution in [3.63, 3.8) is 0 Å². The molecule has 150 valence electrons. The van der Waals surface area contributed by atoms with Crippen molar-refractivity contribution in [2.24, 2.45) is 10.2 Å². The lowest BCUT2D eigenvalue weighted by atomic mass is 10.0. The van der Waals surface area contributed by atoms with Crippen LogP contribution in [0.1, 0.15) is 36.5 Å². The second-order valence-electron chi connectivity index (χ2n) is 6.96. The van der Waals surface area contributed by atoms with Gasteiger partial charge in [-0.3, -0.25) is 4.79 Å². The summed E-state index contributed by atoms with van der Waals surface area (Å²) >= 11 is 0. The monoisotopic (exact) mass is 404 g/mol. The predicted molar refractivity (Wildman–Crippen MR) is 103 cm³/mol. The van der Waals surface area contributed by atoms with Crippen molar-refractivity contribution in [2.75, 3.05) is 26.3 Å². The lowest BCUT2D eigenvalue weighted by molar-refractivity contribution is 0.0393. The van der Waals surface area contributed by atoms with E-state index in [1.54, 1.807) is 0 Å². The molecule has 0 aliphatic carbocycles. The van der Waals surface area contributed by atoms with Gasteiger partial charge in [0.05, 0.1) is 18.1 Å². The Morgan fingerprint density at radius 1 is 1.36 bits per heavy atom. The van der Waals surface area contributed by atoms with Crippen molar-refractivity contribution >= 4 is 15.9 Å². The molecule has 1 aromatic carbocycles. The highest BCUT2D eigenvalue weighted by Gasteiger charge is 2.38. The number of nitrogens with one attached hydrogen (secondary N) is 1. The summed E-state index contributed by atoms with van der Waals surface area (Å²) in [5.74, 6) is 2.30. The van der Waals surface area contributed by atoms with Crippen molar-refractivity contribution in [3.8, 4) is 12.3 Å². The maximum Gasteiger partial charge on any atom is 0.251 e. The van der Waals surface area contributed by atoms with Crippen LogP contribution in [0.25, 0.3) is 0 Å². The SMILES string of the molecule is C#CCCC1(CCNC(=O)c2ccc(S(=O)(=O)N3CCOCC3C)cc2)N=N1. The average Bonchev–Trinajstić information content (AvgIpc) is 3.46. The molecular weight excluding hydrogens is 380 g/mol. The summed E-state index contributed by atoms with van der Waals surface area (Å²) in [6.07, 6.45) is 7.14. The maximum absolute atomic E-state index is 12.8.